The number of amides is 1. The van der Waals surface area contributed by atoms with Crippen LogP contribution in [0.15, 0.2) is 53.4 Å². The average molecular weight is 497 g/mol. The molecule has 0 atom stereocenters. The molecule has 1 heterocycles. The lowest BCUT2D eigenvalue weighted by Crippen LogP contribution is -2.36. The summed E-state index contributed by atoms with van der Waals surface area (Å²) in [4.78, 5) is 21.9. The van der Waals surface area contributed by atoms with Crippen molar-refractivity contribution in [2.75, 3.05) is 45.2 Å². The smallest absolute Gasteiger partial charge is 0.260 e. The molecular weight excluding hydrogens is 468 g/mol. The number of nitrogens with zero attached hydrogens (tertiary/aromatic N) is 4. The maximum atomic E-state index is 13.4. The highest BCUT2D eigenvalue weighted by Crippen LogP contribution is 2.29. The van der Waals surface area contributed by atoms with Gasteiger partial charge in [0.05, 0.1) is 15.1 Å². The second-order valence-corrected chi connectivity index (χ2v) is 10.3. The van der Waals surface area contributed by atoms with Gasteiger partial charge in [-0.15, -0.1) is 12.4 Å². The summed E-state index contributed by atoms with van der Waals surface area (Å²) in [7, 11) is 0.341. The third kappa shape index (κ3) is 5.65. The van der Waals surface area contributed by atoms with Crippen LogP contribution in [0, 0.1) is 0 Å². The van der Waals surface area contributed by atoms with Crippen molar-refractivity contribution in [2.45, 2.75) is 18.7 Å². The van der Waals surface area contributed by atoms with E-state index in [0.29, 0.717) is 36.9 Å². The van der Waals surface area contributed by atoms with Gasteiger partial charge in [-0.05, 0) is 50.5 Å². The van der Waals surface area contributed by atoms with Crippen LogP contribution in [0.4, 0.5) is 5.13 Å². The summed E-state index contributed by atoms with van der Waals surface area (Å²) in [5.74, 6) is -0.201. The van der Waals surface area contributed by atoms with Crippen LogP contribution >= 0.6 is 23.7 Å². The molecule has 174 valence electrons. The Kier molecular flexibility index (Phi) is 9.18. The fourth-order valence-electron chi connectivity index (χ4n) is 3.20. The summed E-state index contributed by atoms with van der Waals surface area (Å²) >= 11 is 1.47. The minimum Gasteiger partial charge on any atom is -0.308 e. The SMILES string of the molecule is CCN(CC)S(=O)(=O)c1ccc(C(=O)N(CCN(C)C)c2nc3ccccc3s2)cc1.Cl. The zero-order valence-electron chi connectivity index (χ0n) is 18.7. The van der Waals surface area contributed by atoms with E-state index in [2.05, 4.69) is 4.98 Å². The molecule has 2 aromatic carbocycles. The number of aromatic nitrogens is 1. The fourth-order valence-corrected chi connectivity index (χ4v) is 5.65. The molecule has 10 heteroatoms. The van der Waals surface area contributed by atoms with E-state index >= 15 is 0 Å². The number of sulfonamides is 1. The van der Waals surface area contributed by atoms with E-state index in [4.69, 9.17) is 0 Å². The fraction of sp³-hybridized carbons (Fsp3) is 0.364. The Labute approximate surface area is 200 Å². The predicted molar refractivity (Wildman–Crippen MR) is 134 cm³/mol. The summed E-state index contributed by atoms with van der Waals surface area (Å²) in [6, 6.07) is 13.9. The number of anilines is 1. The number of para-hydroxylation sites is 1. The van der Waals surface area contributed by atoms with Crippen LogP contribution in [0.3, 0.4) is 0 Å². The van der Waals surface area contributed by atoms with Crippen LogP contribution in [0.5, 0.6) is 0 Å². The first kappa shape index (κ1) is 26.2. The second kappa shape index (κ2) is 11.2. The van der Waals surface area contributed by atoms with Crippen molar-refractivity contribution >= 4 is 55.0 Å². The largest absolute Gasteiger partial charge is 0.308 e. The molecule has 0 radical (unpaired) electrons. The molecule has 0 saturated heterocycles. The number of rotatable bonds is 9. The molecule has 0 aliphatic heterocycles. The average Bonchev–Trinajstić information content (AvgIpc) is 3.18. The summed E-state index contributed by atoms with van der Waals surface area (Å²) in [5.41, 5.74) is 1.28. The lowest BCUT2D eigenvalue weighted by atomic mass is 10.2. The molecular formula is C22H29ClN4O3S2. The summed E-state index contributed by atoms with van der Waals surface area (Å²) in [6.45, 7) is 5.56. The number of hydrogen-bond donors (Lipinski definition) is 0. The van der Waals surface area contributed by atoms with Gasteiger partial charge in [-0.3, -0.25) is 9.69 Å². The topological polar surface area (TPSA) is 73.8 Å². The van der Waals surface area contributed by atoms with Gasteiger partial charge in [-0.25, -0.2) is 13.4 Å². The van der Waals surface area contributed by atoms with Crippen molar-refractivity contribution in [3.63, 3.8) is 0 Å². The van der Waals surface area contributed by atoms with E-state index in [9.17, 15) is 13.2 Å². The van der Waals surface area contributed by atoms with Crippen molar-refractivity contribution in [1.82, 2.24) is 14.2 Å². The third-order valence-corrected chi connectivity index (χ3v) is 8.10. The Morgan fingerprint density at radius 3 is 2.16 bits per heavy atom. The first-order valence-electron chi connectivity index (χ1n) is 10.2. The first-order chi connectivity index (χ1) is 14.8. The third-order valence-electron chi connectivity index (χ3n) is 4.97. The molecule has 1 aromatic heterocycles. The number of hydrogen-bond acceptors (Lipinski definition) is 6. The molecule has 0 aliphatic carbocycles. The standard InChI is InChI=1S/C22H28N4O3S2.ClH/c1-5-25(6-2)31(28,29)18-13-11-17(12-14-18)21(27)26(16-15-24(3)4)22-23-19-9-7-8-10-20(19)30-22;/h7-14H,5-6,15-16H2,1-4H3;1H. The lowest BCUT2D eigenvalue weighted by molar-refractivity contribution is 0.0985. The lowest BCUT2D eigenvalue weighted by Gasteiger charge is -2.22. The Hall–Kier alpha value is -2.04. The number of carbonyl (C=O) groups excluding carboxylic acids is 1. The van der Waals surface area contributed by atoms with Gasteiger partial charge in [0.15, 0.2) is 5.13 Å². The first-order valence-corrected chi connectivity index (χ1v) is 12.5. The van der Waals surface area contributed by atoms with E-state index < -0.39 is 10.0 Å². The number of thiazole rings is 1. The molecule has 0 spiro atoms. The highest BCUT2D eigenvalue weighted by atomic mass is 35.5. The van der Waals surface area contributed by atoms with Gasteiger partial charge in [0.2, 0.25) is 10.0 Å². The highest BCUT2D eigenvalue weighted by molar-refractivity contribution is 7.89. The van der Waals surface area contributed by atoms with Crippen LogP contribution < -0.4 is 4.90 Å². The maximum Gasteiger partial charge on any atom is 0.260 e. The minimum absolute atomic E-state index is 0. The number of likely N-dealkylation sites (N-methyl/N-ethyl adjacent to an activating group) is 1. The van der Waals surface area contributed by atoms with Crippen LogP contribution in [-0.2, 0) is 10.0 Å². The van der Waals surface area contributed by atoms with Gasteiger partial charge in [-0.1, -0.05) is 37.3 Å². The molecule has 0 aliphatic rings. The molecule has 1 amide bonds. The van der Waals surface area contributed by atoms with Gasteiger partial charge in [0, 0.05) is 31.7 Å². The molecule has 0 N–H and O–H groups in total. The van der Waals surface area contributed by atoms with Crippen LogP contribution in [-0.4, -0.2) is 68.8 Å². The van der Waals surface area contributed by atoms with E-state index in [1.165, 1.54) is 27.8 Å². The van der Waals surface area contributed by atoms with E-state index in [-0.39, 0.29) is 23.2 Å². The summed E-state index contributed by atoms with van der Waals surface area (Å²) < 4.78 is 27.9. The second-order valence-electron chi connectivity index (χ2n) is 7.34. The van der Waals surface area contributed by atoms with Crippen LogP contribution in [0.1, 0.15) is 24.2 Å². The van der Waals surface area contributed by atoms with Gasteiger partial charge in [0.25, 0.3) is 5.91 Å². The highest BCUT2D eigenvalue weighted by Gasteiger charge is 2.24. The molecule has 3 rings (SSSR count). The molecule has 3 aromatic rings. The quantitative estimate of drug-likeness (QED) is 0.448. The Balaban J connectivity index is 0.00000363. The van der Waals surface area contributed by atoms with Crippen LogP contribution in [0.25, 0.3) is 10.2 Å². The molecule has 0 unspecified atom stereocenters. The number of benzene rings is 2. The zero-order valence-corrected chi connectivity index (χ0v) is 21.1. The van der Waals surface area contributed by atoms with Crippen molar-refractivity contribution < 1.29 is 13.2 Å². The monoisotopic (exact) mass is 496 g/mol. The summed E-state index contributed by atoms with van der Waals surface area (Å²) in [6.07, 6.45) is 0. The molecule has 32 heavy (non-hydrogen) atoms. The molecule has 0 bridgehead atoms. The van der Waals surface area contributed by atoms with Gasteiger partial charge in [0.1, 0.15) is 0 Å². The number of fused-ring (bicyclic) bond motifs is 1. The van der Waals surface area contributed by atoms with Gasteiger partial charge in [-0.2, -0.15) is 4.31 Å². The summed E-state index contributed by atoms with van der Waals surface area (Å²) in [5, 5.41) is 0.632. The minimum atomic E-state index is -3.56. The van der Waals surface area contributed by atoms with E-state index in [0.717, 1.165) is 10.2 Å². The van der Waals surface area contributed by atoms with Crippen molar-refractivity contribution in [3.05, 3.63) is 54.1 Å². The van der Waals surface area contributed by atoms with Crippen LogP contribution in [0.2, 0.25) is 0 Å². The Morgan fingerprint density at radius 1 is 0.969 bits per heavy atom. The van der Waals surface area contributed by atoms with Crippen molar-refractivity contribution in [1.29, 1.82) is 0 Å². The molecule has 0 fully saturated rings. The van der Waals surface area contributed by atoms with E-state index in [1.807, 2.05) is 43.3 Å². The molecule has 0 saturated carbocycles. The van der Waals surface area contributed by atoms with Crippen molar-refractivity contribution in [3.8, 4) is 0 Å². The normalized spacial score (nSPS) is 11.7. The Morgan fingerprint density at radius 2 is 1.59 bits per heavy atom. The van der Waals surface area contributed by atoms with Crippen molar-refractivity contribution in [2.24, 2.45) is 0 Å². The molecule has 7 nitrogen and oxygen atoms in total. The van der Waals surface area contributed by atoms with Gasteiger partial charge >= 0.3 is 0 Å². The van der Waals surface area contributed by atoms with E-state index in [1.54, 1.807) is 30.9 Å². The maximum absolute atomic E-state index is 13.4. The Bertz CT molecular complexity index is 1110. The predicted octanol–water partition coefficient (Wildman–Crippen LogP) is 3.96. The number of carbonyl (C=O) groups is 1. The number of halogens is 1. The van der Waals surface area contributed by atoms with Gasteiger partial charge < -0.3 is 4.90 Å². The zero-order chi connectivity index (χ0) is 22.6.